The standard InChI is InChI=1S/C23H38O7Si/c1-8-30-31(15-9-12-27-21(24)18(2)3,16-10-13-28-22(25)19(4)5)17-11-14-29-23(26)20(6)7/h2,4,6,8-17H2,1,3,5,7H3. The summed E-state index contributed by atoms with van der Waals surface area (Å²) in [5, 5.41) is 0. The molecule has 0 fully saturated rings. The van der Waals surface area contributed by atoms with Gasteiger partial charge in [-0.2, -0.15) is 0 Å². The van der Waals surface area contributed by atoms with Crippen molar-refractivity contribution >= 4 is 26.2 Å². The minimum absolute atomic E-state index is 0.294. The quantitative estimate of drug-likeness (QED) is 0.105. The number of carbonyl (C=O) groups excluding carboxylic acids is 3. The maximum atomic E-state index is 11.6. The fourth-order valence-corrected chi connectivity index (χ4v) is 7.11. The summed E-state index contributed by atoms with van der Waals surface area (Å²) >= 11 is 0. The van der Waals surface area contributed by atoms with Gasteiger partial charge >= 0.3 is 17.9 Å². The minimum Gasteiger partial charge on any atom is -0.462 e. The van der Waals surface area contributed by atoms with Crippen LogP contribution in [0.5, 0.6) is 0 Å². The molecular formula is C23H38O7Si. The normalized spacial score (nSPS) is 10.8. The highest BCUT2D eigenvalue weighted by Crippen LogP contribution is 2.28. The molecule has 31 heavy (non-hydrogen) atoms. The van der Waals surface area contributed by atoms with Crippen LogP contribution in [-0.2, 0) is 33.0 Å². The van der Waals surface area contributed by atoms with Crippen molar-refractivity contribution in [1.29, 1.82) is 0 Å². The Morgan fingerprint density at radius 3 is 1.16 bits per heavy atom. The van der Waals surface area contributed by atoms with Crippen molar-refractivity contribution in [3.63, 3.8) is 0 Å². The van der Waals surface area contributed by atoms with Gasteiger partial charge in [-0.3, -0.25) is 0 Å². The molecule has 0 spiro atoms. The third-order valence-electron chi connectivity index (χ3n) is 4.53. The molecule has 0 bridgehead atoms. The smallest absolute Gasteiger partial charge is 0.333 e. The van der Waals surface area contributed by atoms with Gasteiger partial charge in [0.25, 0.3) is 0 Å². The molecule has 0 aromatic heterocycles. The summed E-state index contributed by atoms with van der Waals surface area (Å²) in [4.78, 5) is 34.8. The van der Waals surface area contributed by atoms with Gasteiger partial charge in [0.2, 0.25) is 0 Å². The lowest BCUT2D eigenvalue weighted by Crippen LogP contribution is -2.39. The molecule has 0 saturated carbocycles. The molecule has 7 nitrogen and oxygen atoms in total. The van der Waals surface area contributed by atoms with Crippen LogP contribution in [-0.4, -0.2) is 52.7 Å². The van der Waals surface area contributed by atoms with Crippen molar-refractivity contribution in [3.05, 3.63) is 36.5 Å². The summed E-state index contributed by atoms with van der Waals surface area (Å²) in [5.41, 5.74) is 1.10. The van der Waals surface area contributed by atoms with E-state index < -0.39 is 26.2 Å². The van der Waals surface area contributed by atoms with E-state index >= 15 is 0 Å². The summed E-state index contributed by atoms with van der Waals surface area (Å²) in [6, 6.07) is 2.35. The Bertz CT molecular complexity index is 571. The molecule has 0 amide bonds. The van der Waals surface area contributed by atoms with Gasteiger partial charge in [0, 0.05) is 23.3 Å². The van der Waals surface area contributed by atoms with E-state index in [2.05, 4.69) is 19.7 Å². The summed E-state index contributed by atoms with van der Waals surface area (Å²) in [5.74, 6) is -1.20. The first-order valence-corrected chi connectivity index (χ1v) is 13.2. The van der Waals surface area contributed by atoms with Crippen molar-refractivity contribution in [2.75, 3.05) is 26.4 Å². The van der Waals surface area contributed by atoms with Crippen LogP contribution >= 0.6 is 0 Å². The fraction of sp³-hybridized carbons (Fsp3) is 0.609. The van der Waals surface area contributed by atoms with E-state index in [0.29, 0.717) is 62.4 Å². The Hall–Kier alpha value is -2.19. The summed E-state index contributed by atoms with van der Waals surface area (Å²) < 4.78 is 21.9. The van der Waals surface area contributed by atoms with E-state index in [0.717, 1.165) is 18.1 Å². The lowest BCUT2D eigenvalue weighted by molar-refractivity contribution is -0.139. The van der Waals surface area contributed by atoms with E-state index in [4.69, 9.17) is 18.6 Å². The molecule has 0 saturated heterocycles. The third kappa shape index (κ3) is 13.0. The number of hydrogen-bond acceptors (Lipinski definition) is 7. The summed E-state index contributed by atoms with van der Waals surface area (Å²) in [7, 11) is -2.23. The van der Waals surface area contributed by atoms with Crippen molar-refractivity contribution in [2.45, 2.75) is 65.1 Å². The summed E-state index contributed by atoms with van der Waals surface area (Å²) in [6.07, 6.45) is 2.01. The molecule has 0 unspecified atom stereocenters. The molecule has 0 atom stereocenters. The van der Waals surface area contributed by atoms with Crippen LogP contribution < -0.4 is 0 Å². The Morgan fingerprint density at radius 1 is 0.645 bits per heavy atom. The number of esters is 3. The first kappa shape index (κ1) is 28.8. The van der Waals surface area contributed by atoms with Crippen LogP contribution in [0.25, 0.3) is 0 Å². The van der Waals surface area contributed by atoms with Gasteiger partial charge in [0.05, 0.1) is 19.8 Å². The van der Waals surface area contributed by atoms with Crippen LogP contribution in [0.4, 0.5) is 0 Å². The highest BCUT2D eigenvalue weighted by atomic mass is 28.4. The van der Waals surface area contributed by atoms with E-state index in [1.165, 1.54) is 0 Å². The van der Waals surface area contributed by atoms with Crippen LogP contribution in [0.2, 0.25) is 18.1 Å². The Morgan fingerprint density at radius 2 is 0.935 bits per heavy atom. The summed E-state index contributed by atoms with van der Waals surface area (Å²) in [6.45, 7) is 19.0. The first-order valence-electron chi connectivity index (χ1n) is 10.7. The number of hydrogen-bond donors (Lipinski definition) is 0. The Kier molecular flexibility index (Phi) is 14.5. The van der Waals surface area contributed by atoms with Gasteiger partial charge in [-0.05, 0) is 65.1 Å². The molecule has 0 radical (unpaired) electrons. The predicted octanol–water partition coefficient (Wildman–Crippen LogP) is 4.50. The Balaban J connectivity index is 4.90. The fourth-order valence-electron chi connectivity index (χ4n) is 2.94. The molecule has 8 heteroatoms. The lowest BCUT2D eigenvalue weighted by atomic mass is 10.4. The van der Waals surface area contributed by atoms with Gasteiger partial charge in [-0.1, -0.05) is 19.7 Å². The number of carbonyl (C=O) groups is 3. The van der Waals surface area contributed by atoms with Crippen molar-refractivity contribution in [2.24, 2.45) is 0 Å². The van der Waals surface area contributed by atoms with E-state index in [9.17, 15) is 14.4 Å². The number of rotatable bonds is 17. The molecule has 0 aliphatic carbocycles. The van der Waals surface area contributed by atoms with E-state index in [-0.39, 0.29) is 0 Å². The van der Waals surface area contributed by atoms with Crippen LogP contribution in [0.1, 0.15) is 47.0 Å². The second kappa shape index (κ2) is 15.6. The van der Waals surface area contributed by atoms with E-state index in [1.807, 2.05) is 6.92 Å². The van der Waals surface area contributed by atoms with Gasteiger partial charge < -0.3 is 18.6 Å². The predicted molar refractivity (Wildman–Crippen MR) is 123 cm³/mol. The van der Waals surface area contributed by atoms with Gasteiger partial charge in [0.1, 0.15) is 0 Å². The lowest BCUT2D eigenvalue weighted by Gasteiger charge is -2.31. The molecule has 0 aromatic carbocycles. The highest BCUT2D eigenvalue weighted by molar-refractivity contribution is 6.73. The van der Waals surface area contributed by atoms with Crippen molar-refractivity contribution in [3.8, 4) is 0 Å². The van der Waals surface area contributed by atoms with Crippen molar-refractivity contribution in [1.82, 2.24) is 0 Å². The second-order valence-corrected chi connectivity index (χ2v) is 11.8. The monoisotopic (exact) mass is 454 g/mol. The Labute approximate surface area is 187 Å². The first-order chi connectivity index (χ1) is 14.5. The zero-order chi connectivity index (χ0) is 23.9. The molecule has 0 aromatic rings. The third-order valence-corrected chi connectivity index (χ3v) is 9.22. The molecule has 0 aliphatic heterocycles. The van der Waals surface area contributed by atoms with E-state index in [1.54, 1.807) is 20.8 Å². The SMILES string of the molecule is C=C(C)C(=O)OCCC[Si](CCCOC(=O)C(=C)C)(CCCOC(=O)C(=C)C)OCC. The highest BCUT2D eigenvalue weighted by Gasteiger charge is 2.33. The topological polar surface area (TPSA) is 88.1 Å². The molecule has 0 heterocycles. The average molecular weight is 455 g/mol. The minimum atomic E-state index is -2.23. The van der Waals surface area contributed by atoms with Crippen molar-refractivity contribution < 1.29 is 33.0 Å². The van der Waals surface area contributed by atoms with Gasteiger partial charge in [-0.15, -0.1) is 0 Å². The molecule has 0 rings (SSSR count). The maximum absolute atomic E-state index is 11.6. The molecule has 0 aliphatic rings. The second-order valence-electron chi connectivity index (χ2n) is 7.68. The van der Waals surface area contributed by atoms with Crippen LogP contribution in [0, 0.1) is 0 Å². The average Bonchev–Trinajstić information content (AvgIpc) is 2.71. The maximum Gasteiger partial charge on any atom is 0.333 e. The van der Waals surface area contributed by atoms with Crippen LogP contribution in [0.15, 0.2) is 36.5 Å². The zero-order valence-electron chi connectivity index (χ0n) is 19.6. The zero-order valence-corrected chi connectivity index (χ0v) is 20.6. The van der Waals surface area contributed by atoms with Gasteiger partial charge in [-0.25, -0.2) is 14.4 Å². The van der Waals surface area contributed by atoms with Crippen LogP contribution in [0.3, 0.4) is 0 Å². The largest absolute Gasteiger partial charge is 0.462 e. The number of ether oxygens (including phenoxy) is 3. The van der Waals surface area contributed by atoms with Gasteiger partial charge in [0.15, 0.2) is 8.32 Å². The molecule has 0 N–H and O–H groups in total. The molecule has 176 valence electrons. The molecular weight excluding hydrogens is 416 g/mol.